The van der Waals surface area contributed by atoms with Gasteiger partial charge in [-0.15, -0.1) is 0 Å². The molecule has 0 aliphatic heterocycles. The summed E-state index contributed by atoms with van der Waals surface area (Å²) in [6.07, 6.45) is -0.327. The van der Waals surface area contributed by atoms with E-state index in [9.17, 15) is 19.2 Å². The van der Waals surface area contributed by atoms with Crippen molar-refractivity contribution in [2.45, 2.75) is 19.4 Å². The van der Waals surface area contributed by atoms with Gasteiger partial charge < -0.3 is 21.1 Å². The van der Waals surface area contributed by atoms with E-state index < -0.39 is 23.8 Å². The van der Waals surface area contributed by atoms with Crippen molar-refractivity contribution in [1.29, 1.82) is 0 Å². The maximum absolute atomic E-state index is 11.6. The molecule has 0 aliphatic rings. The van der Waals surface area contributed by atoms with Crippen LogP contribution in [0.1, 0.15) is 13.3 Å². The first-order valence-corrected chi connectivity index (χ1v) is 5.24. The average Bonchev–Trinajstić information content (AvgIpc) is 2.34. The molecule has 4 N–H and O–H groups in total. The van der Waals surface area contributed by atoms with Crippen molar-refractivity contribution in [3.05, 3.63) is 0 Å². The number of ketones is 1. The molecule has 0 aliphatic carbocycles. The predicted octanol–water partition coefficient (Wildman–Crippen LogP) is -2.30. The lowest BCUT2D eigenvalue weighted by Gasteiger charge is -2.16. The van der Waals surface area contributed by atoms with E-state index in [4.69, 9.17) is 5.73 Å². The van der Waals surface area contributed by atoms with Crippen LogP contribution in [0.5, 0.6) is 0 Å². The Bertz CT molecular complexity index is 324. The highest BCUT2D eigenvalue weighted by Gasteiger charge is 2.23. The first kappa shape index (κ1) is 16.0. The quantitative estimate of drug-likeness (QED) is 0.441. The summed E-state index contributed by atoms with van der Waals surface area (Å²) in [6.45, 7) is 0.820. The van der Waals surface area contributed by atoms with Gasteiger partial charge in [-0.05, 0) is 6.92 Å². The van der Waals surface area contributed by atoms with E-state index in [1.54, 1.807) is 0 Å². The number of Topliss-reactive ketones (excluding diaryl/α,β-unsaturated/α-hetero) is 1. The fraction of sp³-hybridized carbons (Fsp3) is 0.600. The number of esters is 1. The molecule has 0 radical (unpaired) electrons. The van der Waals surface area contributed by atoms with E-state index in [1.807, 2.05) is 0 Å². The van der Waals surface area contributed by atoms with Crippen LogP contribution in [-0.4, -0.2) is 49.8 Å². The molecular formula is C10H17N3O5. The molecule has 1 unspecified atom stereocenters. The van der Waals surface area contributed by atoms with Crippen molar-refractivity contribution in [2.75, 3.05) is 20.2 Å². The van der Waals surface area contributed by atoms with Crippen LogP contribution in [0.15, 0.2) is 0 Å². The molecule has 0 fully saturated rings. The zero-order valence-electron chi connectivity index (χ0n) is 10.3. The van der Waals surface area contributed by atoms with Gasteiger partial charge in [0, 0.05) is 0 Å². The minimum atomic E-state index is -1.10. The van der Waals surface area contributed by atoms with Crippen molar-refractivity contribution < 1.29 is 23.9 Å². The smallest absolute Gasteiger partial charge is 0.308 e. The van der Waals surface area contributed by atoms with Crippen LogP contribution in [0, 0.1) is 0 Å². The molecule has 0 aromatic rings. The minimum Gasteiger partial charge on any atom is -0.469 e. The number of nitrogens with two attached hydrogens (primary N) is 1. The molecule has 0 heterocycles. The standard InChI is InChI=1S/C10H17N3O5/c1-6(14)5-12-10(17)7(3-9(16)18-2)13-8(15)4-11/h7H,3-5,11H2,1-2H3,(H,12,17)(H,13,15). The molecule has 0 aromatic carbocycles. The molecule has 2 amide bonds. The Morgan fingerprint density at radius 3 is 2.33 bits per heavy atom. The van der Waals surface area contributed by atoms with Gasteiger partial charge in [-0.1, -0.05) is 0 Å². The first-order chi connectivity index (χ1) is 8.40. The molecule has 8 nitrogen and oxygen atoms in total. The maximum Gasteiger partial charge on any atom is 0.308 e. The average molecular weight is 259 g/mol. The highest BCUT2D eigenvalue weighted by molar-refractivity contribution is 5.93. The minimum absolute atomic E-state index is 0.172. The Morgan fingerprint density at radius 1 is 1.28 bits per heavy atom. The maximum atomic E-state index is 11.6. The van der Waals surface area contributed by atoms with Crippen LogP contribution in [0.25, 0.3) is 0 Å². The van der Waals surface area contributed by atoms with Gasteiger partial charge in [-0.2, -0.15) is 0 Å². The second kappa shape index (κ2) is 8.18. The predicted molar refractivity (Wildman–Crippen MR) is 61.3 cm³/mol. The van der Waals surface area contributed by atoms with E-state index in [2.05, 4.69) is 15.4 Å². The summed E-state index contributed by atoms with van der Waals surface area (Å²) >= 11 is 0. The lowest BCUT2D eigenvalue weighted by atomic mass is 10.2. The van der Waals surface area contributed by atoms with Crippen molar-refractivity contribution in [2.24, 2.45) is 5.73 Å². The van der Waals surface area contributed by atoms with Gasteiger partial charge in [0.1, 0.15) is 11.8 Å². The number of amides is 2. The molecular weight excluding hydrogens is 242 g/mol. The van der Waals surface area contributed by atoms with E-state index in [-0.39, 0.29) is 25.3 Å². The molecule has 18 heavy (non-hydrogen) atoms. The van der Waals surface area contributed by atoms with Crippen LogP contribution >= 0.6 is 0 Å². The van der Waals surface area contributed by atoms with Crippen LogP contribution < -0.4 is 16.4 Å². The topological polar surface area (TPSA) is 128 Å². The van der Waals surface area contributed by atoms with Crippen LogP contribution in [0.2, 0.25) is 0 Å². The zero-order chi connectivity index (χ0) is 14.1. The third-order valence-corrected chi connectivity index (χ3v) is 1.95. The lowest BCUT2D eigenvalue weighted by Crippen LogP contribution is -2.50. The highest BCUT2D eigenvalue weighted by Crippen LogP contribution is 1.95. The molecule has 0 bridgehead atoms. The van der Waals surface area contributed by atoms with Crippen molar-refractivity contribution in [3.8, 4) is 0 Å². The normalized spacial score (nSPS) is 11.3. The van der Waals surface area contributed by atoms with Gasteiger partial charge in [0.2, 0.25) is 11.8 Å². The number of carbonyl (C=O) groups excluding carboxylic acids is 4. The van der Waals surface area contributed by atoms with Crippen molar-refractivity contribution in [1.82, 2.24) is 10.6 Å². The monoisotopic (exact) mass is 259 g/mol. The Kier molecular flexibility index (Phi) is 7.29. The Balaban J connectivity index is 4.52. The summed E-state index contributed by atoms with van der Waals surface area (Å²) in [7, 11) is 1.16. The summed E-state index contributed by atoms with van der Waals surface area (Å²) in [5, 5.41) is 4.56. The fourth-order valence-corrected chi connectivity index (χ4v) is 1.05. The van der Waals surface area contributed by atoms with Gasteiger partial charge in [-0.25, -0.2) is 0 Å². The summed E-state index contributed by atoms with van der Waals surface area (Å²) in [4.78, 5) is 44.5. The van der Waals surface area contributed by atoms with Crippen LogP contribution in [-0.2, 0) is 23.9 Å². The Hall–Kier alpha value is -1.96. The van der Waals surface area contributed by atoms with Crippen molar-refractivity contribution >= 4 is 23.6 Å². The molecule has 0 saturated heterocycles. The van der Waals surface area contributed by atoms with Gasteiger partial charge in [0.15, 0.2) is 0 Å². The van der Waals surface area contributed by atoms with E-state index in [0.29, 0.717) is 0 Å². The fourth-order valence-electron chi connectivity index (χ4n) is 1.05. The molecule has 102 valence electrons. The van der Waals surface area contributed by atoms with E-state index >= 15 is 0 Å². The lowest BCUT2D eigenvalue weighted by molar-refractivity contribution is -0.143. The summed E-state index contributed by atoms with van der Waals surface area (Å²) in [6, 6.07) is -1.10. The zero-order valence-corrected chi connectivity index (χ0v) is 10.3. The molecule has 0 rings (SSSR count). The Morgan fingerprint density at radius 2 is 1.89 bits per heavy atom. The highest BCUT2D eigenvalue weighted by atomic mass is 16.5. The first-order valence-electron chi connectivity index (χ1n) is 5.24. The van der Waals surface area contributed by atoms with Gasteiger partial charge in [-0.3, -0.25) is 19.2 Å². The molecule has 0 spiro atoms. The van der Waals surface area contributed by atoms with Gasteiger partial charge in [0.05, 0.1) is 26.6 Å². The third kappa shape index (κ3) is 6.59. The number of hydrogen-bond acceptors (Lipinski definition) is 6. The van der Waals surface area contributed by atoms with E-state index in [1.165, 1.54) is 6.92 Å². The van der Waals surface area contributed by atoms with E-state index in [0.717, 1.165) is 7.11 Å². The van der Waals surface area contributed by atoms with Gasteiger partial charge in [0.25, 0.3) is 0 Å². The SMILES string of the molecule is COC(=O)CC(NC(=O)CN)C(=O)NCC(C)=O. The molecule has 0 saturated carbocycles. The molecule has 1 atom stereocenters. The number of rotatable bonds is 7. The number of nitrogens with one attached hydrogen (secondary N) is 2. The summed E-state index contributed by atoms with van der Waals surface area (Å²) in [5.74, 6) is -2.13. The summed E-state index contributed by atoms with van der Waals surface area (Å²) in [5.41, 5.74) is 5.09. The number of hydrogen-bond donors (Lipinski definition) is 3. The largest absolute Gasteiger partial charge is 0.469 e. The third-order valence-electron chi connectivity index (χ3n) is 1.95. The number of methoxy groups -OCH3 is 1. The summed E-state index contributed by atoms with van der Waals surface area (Å²) < 4.78 is 4.40. The Labute approximate surface area is 104 Å². The molecule has 0 aromatic heterocycles. The molecule has 8 heteroatoms. The van der Waals surface area contributed by atoms with Crippen LogP contribution in [0.4, 0.5) is 0 Å². The van der Waals surface area contributed by atoms with Crippen LogP contribution in [0.3, 0.4) is 0 Å². The second-order valence-corrected chi connectivity index (χ2v) is 3.52. The van der Waals surface area contributed by atoms with Gasteiger partial charge >= 0.3 is 5.97 Å². The number of ether oxygens (including phenoxy) is 1. The second-order valence-electron chi connectivity index (χ2n) is 3.52. The van der Waals surface area contributed by atoms with Crippen molar-refractivity contribution in [3.63, 3.8) is 0 Å². The number of carbonyl (C=O) groups is 4.